The lowest BCUT2D eigenvalue weighted by Gasteiger charge is -2.42. The molecule has 0 aromatic heterocycles. The third kappa shape index (κ3) is 7.66. The first-order chi connectivity index (χ1) is 20.4. The monoisotopic (exact) mass is 633 g/mol. The van der Waals surface area contributed by atoms with Gasteiger partial charge in [-0.05, 0) is 69.3 Å². The number of carbonyl (C=O) groups excluding carboxylic acids is 4. The van der Waals surface area contributed by atoms with E-state index in [0.29, 0.717) is 6.54 Å². The molecule has 0 unspecified atom stereocenters. The summed E-state index contributed by atoms with van der Waals surface area (Å²) in [7, 11) is 0. The highest BCUT2D eigenvalue weighted by Gasteiger charge is 2.37. The number of benzene rings is 2. The van der Waals surface area contributed by atoms with Crippen molar-refractivity contribution in [3.63, 3.8) is 0 Å². The minimum atomic E-state index is -1.11. The van der Waals surface area contributed by atoms with Crippen LogP contribution in [0.25, 0.3) is 0 Å². The second-order valence-corrected chi connectivity index (χ2v) is 12.5. The van der Waals surface area contributed by atoms with E-state index in [1.165, 1.54) is 17.0 Å². The van der Waals surface area contributed by atoms with Gasteiger partial charge in [0.15, 0.2) is 5.82 Å². The molecule has 2 atom stereocenters. The van der Waals surface area contributed by atoms with E-state index in [1.54, 1.807) is 0 Å². The van der Waals surface area contributed by atoms with Crippen LogP contribution in [0.3, 0.4) is 0 Å². The number of anilines is 1. The van der Waals surface area contributed by atoms with Crippen LogP contribution < -0.4 is 16.4 Å². The number of likely N-dealkylation sites (tertiary alicyclic amines) is 1. The lowest BCUT2D eigenvalue weighted by atomic mass is 9.90. The van der Waals surface area contributed by atoms with Crippen LogP contribution in [0.2, 0.25) is 10.0 Å². The molecule has 1 fully saturated rings. The summed E-state index contributed by atoms with van der Waals surface area (Å²) in [5.41, 5.74) is 7.10. The SMILES string of the molecule is CC1(C)CCCCN1C(=O)CCC(=O)N1Cc2ccccc2C[C@H]1C(=O)N[C@@H](CCN)C(=O)Nc1ccc(Cl)c(Cl)c1F. The first kappa shape index (κ1) is 32.7. The summed E-state index contributed by atoms with van der Waals surface area (Å²) in [4.78, 5) is 56.8. The van der Waals surface area contributed by atoms with Crippen LogP contribution in [-0.4, -0.2) is 64.1 Å². The zero-order valence-electron chi connectivity index (χ0n) is 24.4. The molecule has 2 heterocycles. The summed E-state index contributed by atoms with van der Waals surface area (Å²) in [5.74, 6) is -2.54. The number of hydrogen-bond acceptors (Lipinski definition) is 5. The van der Waals surface area contributed by atoms with E-state index >= 15 is 0 Å². The van der Waals surface area contributed by atoms with E-state index in [0.717, 1.165) is 30.4 Å². The molecule has 4 amide bonds. The summed E-state index contributed by atoms with van der Waals surface area (Å²) in [6.07, 6.45) is 3.21. The number of nitrogens with two attached hydrogens (primary N) is 1. The van der Waals surface area contributed by atoms with Gasteiger partial charge in [0.1, 0.15) is 12.1 Å². The molecule has 9 nitrogen and oxygen atoms in total. The third-order valence-corrected chi connectivity index (χ3v) is 9.04. The smallest absolute Gasteiger partial charge is 0.247 e. The van der Waals surface area contributed by atoms with Gasteiger partial charge in [0, 0.05) is 37.9 Å². The molecule has 0 saturated carbocycles. The van der Waals surface area contributed by atoms with Gasteiger partial charge in [0.25, 0.3) is 0 Å². The zero-order valence-corrected chi connectivity index (χ0v) is 25.9. The van der Waals surface area contributed by atoms with Crippen molar-refractivity contribution >= 4 is 52.5 Å². The largest absolute Gasteiger partial charge is 0.342 e. The van der Waals surface area contributed by atoms with E-state index in [4.69, 9.17) is 28.9 Å². The molecule has 232 valence electrons. The number of nitrogens with zero attached hydrogens (tertiary/aromatic N) is 2. The van der Waals surface area contributed by atoms with Crippen molar-refractivity contribution in [1.29, 1.82) is 0 Å². The predicted molar refractivity (Wildman–Crippen MR) is 164 cm³/mol. The number of hydrogen-bond donors (Lipinski definition) is 3. The van der Waals surface area contributed by atoms with Crippen LogP contribution in [0, 0.1) is 5.82 Å². The van der Waals surface area contributed by atoms with Gasteiger partial charge in [-0.2, -0.15) is 0 Å². The molecule has 43 heavy (non-hydrogen) atoms. The highest BCUT2D eigenvalue weighted by molar-refractivity contribution is 6.42. The lowest BCUT2D eigenvalue weighted by molar-refractivity contribution is -0.145. The Balaban J connectivity index is 1.49. The summed E-state index contributed by atoms with van der Waals surface area (Å²) in [6, 6.07) is 8.13. The number of halogens is 3. The Morgan fingerprint density at radius 3 is 2.44 bits per heavy atom. The van der Waals surface area contributed by atoms with E-state index in [-0.39, 0.29) is 71.9 Å². The molecule has 4 rings (SSSR count). The number of nitrogens with one attached hydrogen (secondary N) is 2. The predicted octanol–water partition coefficient (Wildman–Crippen LogP) is 4.43. The number of amides is 4. The molecule has 0 aliphatic carbocycles. The maximum absolute atomic E-state index is 14.6. The fourth-order valence-electron chi connectivity index (χ4n) is 5.78. The summed E-state index contributed by atoms with van der Waals surface area (Å²) in [5, 5.41) is 4.81. The molecule has 2 aliphatic rings. The third-order valence-electron chi connectivity index (χ3n) is 8.26. The quantitative estimate of drug-likeness (QED) is 0.352. The molecule has 2 aromatic carbocycles. The summed E-state index contributed by atoms with van der Waals surface area (Å²) >= 11 is 11.7. The Morgan fingerprint density at radius 1 is 1.05 bits per heavy atom. The van der Waals surface area contributed by atoms with Crippen molar-refractivity contribution in [2.24, 2.45) is 5.73 Å². The normalized spacial score (nSPS) is 18.4. The topological polar surface area (TPSA) is 125 Å². The molecule has 12 heteroatoms. The van der Waals surface area contributed by atoms with Gasteiger partial charge in [0.05, 0.1) is 15.7 Å². The van der Waals surface area contributed by atoms with E-state index < -0.39 is 29.7 Å². The van der Waals surface area contributed by atoms with Crippen molar-refractivity contribution in [2.75, 3.05) is 18.4 Å². The van der Waals surface area contributed by atoms with Crippen molar-refractivity contribution in [2.45, 2.75) is 83.0 Å². The Labute approximate surface area is 261 Å². The van der Waals surface area contributed by atoms with Gasteiger partial charge in [-0.3, -0.25) is 19.2 Å². The number of piperidine rings is 1. The lowest BCUT2D eigenvalue weighted by Crippen LogP contribution is -2.56. The van der Waals surface area contributed by atoms with Gasteiger partial charge in [-0.15, -0.1) is 0 Å². The van der Waals surface area contributed by atoms with Crippen molar-refractivity contribution in [3.8, 4) is 0 Å². The minimum Gasteiger partial charge on any atom is -0.342 e. The molecule has 0 bridgehead atoms. The Morgan fingerprint density at radius 2 is 1.74 bits per heavy atom. The van der Waals surface area contributed by atoms with Crippen LogP contribution in [0.5, 0.6) is 0 Å². The van der Waals surface area contributed by atoms with Crippen LogP contribution in [0.15, 0.2) is 36.4 Å². The molecular formula is C31H38Cl2FN5O4. The number of rotatable bonds is 9. The zero-order chi connectivity index (χ0) is 31.3. The van der Waals surface area contributed by atoms with E-state index in [9.17, 15) is 23.6 Å². The number of carbonyl (C=O) groups is 4. The average molecular weight is 635 g/mol. The van der Waals surface area contributed by atoms with Crippen LogP contribution >= 0.6 is 23.2 Å². The van der Waals surface area contributed by atoms with Gasteiger partial charge >= 0.3 is 0 Å². The van der Waals surface area contributed by atoms with Crippen LogP contribution in [0.1, 0.15) is 63.5 Å². The van der Waals surface area contributed by atoms with Gasteiger partial charge in [-0.25, -0.2) is 4.39 Å². The highest BCUT2D eigenvalue weighted by Crippen LogP contribution is 2.31. The first-order valence-electron chi connectivity index (χ1n) is 14.5. The maximum atomic E-state index is 14.6. The highest BCUT2D eigenvalue weighted by atomic mass is 35.5. The maximum Gasteiger partial charge on any atom is 0.247 e. The molecule has 1 saturated heterocycles. The minimum absolute atomic E-state index is 0.00680. The Hall–Kier alpha value is -3.21. The Bertz CT molecular complexity index is 1390. The van der Waals surface area contributed by atoms with Crippen LogP contribution in [-0.2, 0) is 32.1 Å². The van der Waals surface area contributed by atoms with Crippen molar-refractivity contribution < 1.29 is 23.6 Å². The average Bonchev–Trinajstić information content (AvgIpc) is 2.98. The summed E-state index contributed by atoms with van der Waals surface area (Å²) in [6.45, 7) is 5.00. The van der Waals surface area contributed by atoms with E-state index in [1.807, 2.05) is 43.0 Å². The van der Waals surface area contributed by atoms with Gasteiger partial charge in [0.2, 0.25) is 23.6 Å². The number of fused-ring (bicyclic) bond motifs is 1. The molecule has 0 radical (unpaired) electrons. The fourth-order valence-corrected chi connectivity index (χ4v) is 6.10. The van der Waals surface area contributed by atoms with E-state index in [2.05, 4.69) is 10.6 Å². The fraction of sp³-hybridized carbons (Fsp3) is 0.484. The standard InChI is InChI=1S/C31H38Cl2FN5O4/c1-31(2)14-5-6-16-39(31)26(41)12-11-25(40)38-18-20-8-4-3-7-19(20)17-24(38)30(43)37-23(13-15-35)29(42)36-22-10-9-21(32)27(33)28(22)34/h3-4,7-10,23-24H,5-6,11-18,35H2,1-2H3,(H,36,42)(H,37,43)/t23-,24-/m0/s1. The second-order valence-electron chi connectivity index (χ2n) is 11.7. The molecule has 2 aliphatic heterocycles. The van der Waals surface area contributed by atoms with Gasteiger partial charge in [-0.1, -0.05) is 47.5 Å². The molecule has 0 spiro atoms. The van der Waals surface area contributed by atoms with Gasteiger partial charge < -0.3 is 26.2 Å². The van der Waals surface area contributed by atoms with Crippen molar-refractivity contribution in [1.82, 2.24) is 15.1 Å². The molecular weight excluding hydrogens is 596 g/mol. The second kappa shape index (κ2) is 14.1. The molecule has 4 N–H and O–H groups in total. The Kier molecular flexibility index (Phi) is 10.7. The van der Waals surface area contributed by atoms with Crippen molar-refractivity contribution in [3.05, 3.63) is 63.4 Å². The first-order valence-corrected chi connectivity index (χ1v) is 15.3. The molecule has 2 aromatic rings. The van der Waals surface area contributed by atoms with Crippen LogP contribution in [0.4, 0.5) is 10.1 Å². The summed E-state index contributed by atoms with van der Waals surface area (Å²) < 4.78 is 14.6.